The van der Waals surface area contributed by atoms with Crippen LogP contribution in [0.25, 0.3) is 5.57 Å². The lowest BCUT2D eigenvalue weighted by atomic mass is 9.99. The van der Waals surface area contributed by atoms with E-state index in [0.717, 1.165) is 16.7 Å². The third kappa shape index (κ3) is 2.66. The second-order valence-corrected chi connectivity index (χ2v) is 3.75. The van der Waals surface area contributed by atoms with Crippen LogP contribution in [0.5, 0.6) is 0 Å². The lowest BCUT2D eigenvalue weighted by molar-refractivity contribution is 0.101. The van der Waals surface area contributed by atoms with Crippen molar-refractivity contribution in [1.82, 2.24) is 0 Å². The Morgan fingerprint density at radius 1 is 1.07 bits per heavy atom. The standard InChI is InChI=1S/C14H16O/c1-5-14(10(2)3)13-8-6-12(7-9-13)11(4)15/h5-9H,1H2,2-4H3. The summed E-state index contributed by atoms with van der Waals surface area (Å²) in [5.74, 6) is 0.0962. The molecule has 0 unspecified atom stereocenters. The van der Waals surface area contributed by atoms with E-state index < -0.39 is 0 Å². The number of ketones is 1. The minimum absolute atomic E-state index is 0.0962. The monoisotopic (exact) mass is 200 g/mol. The predicted octanol–water partition coefficient (Wildman–Crippen LogP) is 3.87. The molecule has 1 aromatic rings. The van der Waals surface area contributed by atoms with Gasteiger partial charge in [-0.05, 0) is 31.9 Å². The summed E-state index contributed by atoms with van der Waals surface area (Å²) < 4.78 is 0. The Labute approximate surface area is 91.1 Å². The van der Waals surface area contributed by atoms with Gasteiger partial charge in [0.25, 0.3) is 0 Å². The van der Waals surface area contributed by atoms with Crippen molar-refractivity contribution >= 4 is 11.4 Å². The first-order valence-corrected chi connectivity index (χ1v) is 4.97. The third-order valence-electron chi connectivity index (χ3n) is 2.35. The van der Waals surface area contributed by atoms with Crippen molar-refractivity contribution in [3.8, 4) is 0 Å². The van der Waals surface area contributed by atoms with E-state index >= 15 is 0 Å². The summed E-state index contributed by atoms with van der Waals surface area (Å²) in [6.07, 6.45) is 1.85. The van der Waals surface area contributed by atoms with E-state index in [9.17, 15) is 4.79 Å². The van der Waals surface area contributed by atoms with Crippen molar-refractivity contribution in [2.24, 2.45) is 0 Å². The van der Waals surface area contributed by atoms with Crippen LogP contribution < -0.4 is 0 Å². The molecule has 0 aromatic heterocycles. The first-order valence-electron chi connectivity index (χ1n) is 4.97. The van der Waals surface area contributed by atoms with Gasteiger partial charge in [0.15, 0.2) is 5.78 Å². The van der Waals surface area contributed by atoms with Crippen molar-refractivity contribution in [2.45, 2.75) is 20.8 Å². The van der Waals surface area contributed by atoms with Crippen LogP contribution in [0.1, 0.15) is 36.7 Å². The summed E-state index contributed by atoms with van der Waals surface area (Å²) in [4.78, 5) is 11.1. The van der Waals surface area contributed by atoms with Gasteiger partial charge in [-0.15, -0.1) is 0 Å². The van der Waals surface area contributed by atoms with Gasteiger partial charge >= 0.3 is 0 Å². The van der Waals surface area contributed by atoms with Crippen LogP contribution in [0.3, 0.4) is 0 Å². The van der Waals surface area contributed by atoms with Gasteiger partial charge in [-0.3, -0.25) is 4.79 Å². The number of Topliss-reactive ketones (excluding diaryl/α,β-unsaturated/α-hetero) is 1. The molecule has 0 saturated heterocycles. The van der Waals surface area contributed by atoms with Crippen molar-refractivity contribution in [3.63, 3.8) is 0 Å². The Hall–Kier alpha value is -1.63. The van der Waals surface area contributed by atoms with Crippen LogP contribution in [0.15, 0.2) is 42.5 Å². The molecule has 0 spiro atoms. The lowest BCUT2D eigenvalue weighted by Gasteiger charge is -2.05. The molecule has 0 amide bonds. The number of carbonyl (C=O) groups excluding carboxylic acids is 1. The summed E-state index contributed by atoms with van der Waals surface area (Å²) in [5.41, 5.74) is 4.21. The summed E-state index contributed by atoms with van der Waals surface area (Å²) in [6, 6.07) is 7.62. The van der Waals surface area contributed by atoms with Gasteiger partial charge < -0.3 is 0 Å². The number of hydrogen-bond donors (Lipinski definition) is 0. The van der Waals surface area contributed by atoms with Crippen LogP contribution in [0, 0.1) is 0 Å². The maximum Gasteiger partial charge on any atom is 0.159 e. The lowest BCUT2D eigenvalue weighted by Crippen LogP contribution is -1.92. The van der Waals surface area contributed by atoms with Gasteiger partial charge in [0, 0.05) is 5.56 Å². The third-order valence-corrected chi connectivity index (χ3v) is 2.35. The van der Waals surface area contributed by atoms with Crippen molar-refractivity contribution in [1.29, 1.82) is 0 Å². The van der Waals surface area contributed by atoms with Crippen LogP contribution in [0.2, 0.25) is 0 Å². The van der Waals surface area contributed by atoms with E-state index in [4.69, 9.17) is 0 Å². The predicted molar refractivity (Wildman–Crippen MR) is 64.9 cm³/mol. The van der Waals surface area contributed by atoms with Gasteiger partial charge in [0.05, 0.1) is 0 Å². The Morgan fingerprint density at radius 3 is 1.87 bits per heavy atom. The zero-order valence-corrected chi connectivity index (χ0v) is 9.50. The first kappa shape index (κ1) is 11.4. The number of benzene rings is 1. The largest absolute Gasteiger partial charge is 0.295 e. The van der Waals surface area contributed by atoms with Crippen LogP contribution in [-0.4, -0.2) is 5.78 Å². The molecule has 1 aromatic carbocycles. The number of carbonyl (C=O) groups is 1. The van der Waals surface area contributed by atoms with Crippen LogP contribution in [-0.2, 0) is 0 Å². The fraction of sp³-hybridized carbons (Fsp3) is 0.214. The summed E-state index contributed by atoms with van der Waals surface area (Å²) >= 11 is 0. The highest BCUT2D eigenvalue weighted by Gasteiger charge is 2.01. The molecular formula is C14H16O. The molecule has 0 aliphatic heterocycles. The summed E-state index contributed by atoms with van der Waals surface area (Å²) in [6.45, 7) is 9.47. The molecule has 0 saturated carbocycles. The van der Waals surface area contributed by atoms with E-state index in [1.54, 1.807) is 6.92 Å². The van der Waals surface area contributed by atoms with E-state index in [-0.39, 0.29) is 5.78 Å². The number of hydrogen-bond acceptors (Lipinski definition) is 1. The molecule has 1 heteroatoms. The number of allylic oxidation sites excluding steroid dienone is 3. The molecule has 0 aliphatic rings. The Morgan fingerprint density at radius 2 is 1.53 bits per heavy atom. The van der Waals surface area contributed by atoms with E-state index in [1.807, 2.05) is 30.3 Å². The van der Waals surface area contributed by atoms with E-state index in [2.05, 4.69) is 20.4 Å². The second kappa shape index (κ2) is 4.74. The van der Waals surface area contributed by atoms with Crippen molar-refractivity contribution in [3.05, 3.63) is 53.6 Å². The zero-order valence-electron chi connectivity index (χ0n) is 9.50. The molecule has 0 radical (unpaired) electrons. The highest BCUT2D eigenvalue weighted by molar-refractivity contribution is 5.94. The Bertz CT molecular complexity index is 403. The normalized spacial score (nSPS) is 9.53. The maximum atomic E-state index is 11.1. The van der Waals surface area contributed by atoms with Gasteiger partial charge in [-0.25, -0.2) is 0 Å². The topological polar surface area (TPSA) is 17.1 Å². The first-order chi connectivity index (χ1) is 7.06. The number of rotatable bonds is 3. The summed E-state index contributed by atoms with van der Waals surface area (Å²) in [7, 11) is 0. The van der Waals surface area contributed by atoms with E-state index in [0.29, 0.717) is 0 Å². The Kier molecular flexibility index (Phi) is 3.62. The van der Waals surface area contributed by atoms with Gasteiger partial charge in [0.2, 0.25) is 0 Å². The molecular weight excluding hydrogens is 184 g/mol. The SMILES string of the molecule is C=CC(=C(C)C)c1ccc(C(C)=O)cc1. The highest BCUT2D eigenvalue weighted by atomic mass is 16.1. The Balaban J connectivity index is 3.14. The highest BCUT2D eigenvalue weighted by Crippen LogP contribution is 2.20. The van der Waals surface area contributed by atoms with Crippen molar-refractivity contribution in [2.75, 3.05) is 0 Å². The molecule has 78 valence electrons. The minimum Gasteiger partial charge on any atom is -0.295 e. The molecule has 1 rings (SSSR count). The molecule has 0 fully saturated rings. The average Bonchev–Trinajstić information content (AvgIpc) is 2.19. The van der Waals surface area contributed by atoms with Gasteiger partial charge in [0.1, 0.15) is 0 Å². The molecule has 0 atom stereocenters. The molecule has 15 heavy (non-hydrogen) atoms. The van der Waals surface area contributed by atoms with E-state index in [1.165, 1.54) is 5.57 Å². The fourth-order valence-electron chi connectivity index (χ4n) is 1.50. The van der Waals surface area contributed by atoms with Crippen molar-refractivity contribution < 1.29 is 4.79 Å². The molecule has 0 bridgehead atoms. The second-order valence-electron chi connectivity index (χ2n) is 3.75. The van der Waals surface area contributed by atoms with Gasteiger partial charge in [-0.2, -0.15) is 0 Å². The molecule has 1 nitrogen and oxygen atoms in total. The quantitative estimate of drug-likeness (QED) is 0.534. The summed E-state index contributed by atoms with van der Waals surface area (Å²) in [5, 5.41) is 0. The molecule has 0 heterocycles. The molecule has 0 N–H and O–H groups in total. The van der Waals surface area contributed by atoms with Gasteiger partial charge in [-0.1, -0.05) is 42.5 Å². The minimum atomic E-state index is 0.0962. The fourth-order valence-corrected chi connectivity index (χ4v) is 1.50. The smallest absolute Gasteiger partial charge is 0.159 e. The average molecular weight is 200 g/mol. The van der Waals surface area contributed by atoms with Crippen LogP contribution >= 0.6 is 0 Å². The molecule has 0 aliphatic carbocycles. The maximum absolute atomic E-state index is 11.1. The van der Waals surface area contributed by atoms with Crippen LogP contribution in [0.4, 0.5) is 0 Å². The zero-order chi connectivity index (χ0) is 11.4.